The third-order valence-electron chi connectivity index (χ3n) is 2.45. The van der Waals surface area contributed by atoms with Gasteiger partial charge in [0.25, 0.3) is 0 Å². The van der Waals surface area contributed by atoms with Crippen molar-refractivity contribution in [3.8, 4) is 12.3 Å². The molecule has 0 saturated heterocycles. The Kier molecular flexibility index (Phi) is 8.08. The molecule has 0 bridgehead atoms. The van der Waals surface area contributed by atoms with Crippen molar-refractivity contribution in [2.75, 3.05) is 18.1 Å². The average Bonchev–Trinajstić information content (AvgIpc) is 2.26. The van der Waals surface area contributed by atoms with E-state index in [2.05, 4.69) is 16.6 Å². The van der Waals surface area contributed by atoms with Crippen LogP contribution in [0.2, 0.25) is 0 Å². The van der Waals surface area contributed by atoms with Crippen LogP contribution in [-0.4, -0.2) is 41.2 Å². The second-order valence-corrected chi connectivity index (χ2v) is 6.28. The summed E-state index contributed by atoms with van der Waals surface area (Å²) in [5.41, 5.74) is -0.312. The predicted octanol–water partition coefficient (Wildman–Crippen LogP) is 1.54. The maximum absolute atomic E-state index is 11.6. The summed E-state index contributed by atoms with van der Waals surface area (Å²) in [6.07, 6.45) is 5.01. The highest BCUT2D eigenvalue weighted by molar-refractivity contribution is 7.99. The van der Waals surface area contributed by atoms with Gasteiger partial charge in [0.15, 0.2) is 0 Å². The quantitative estimate of drug-likeness (QED) is 0.490. The Bertz CT molecular complexity index is 345. The number of nitrogens with one attached hydrogen (secondary N) is 2. The van der Waals surface area contributed by atoms with E-state index in [0.29, 0.717) is 12.3 Å². The number of carboxylic acid groups (broad SMARTS) is 1. The van der Waals surface area contributed by atoms with Gasteiger partial charge in [-0.3, -0.25) is 4.79 Å². The molecule has 0 aliphatic rings. The summed E-state index contributed by atoms with van der Waals surface area (Å²) in [5, 5.41) is 14.2. The summed E-state index contributed by atoms with van der Waals surface area (Å²) in [6.45, 7) is 6.18. The van der Waals surface area contributed by atoms with Crippen LogP contribution in [0, 0.1) is 17.8 Å². The fraction of sp³-hybridized carbons (Fsp3) is 0.692. The summed E-state index contributed by atoms with van der Waals surface area (Å²) in [4.78, 5) is 22.4. The van der Waals surface area contributed by atoms with E-state index in [1.54, 1.807) is 11.8 Å². The minimum absolute atomic E-state index is 0.0945. The number of hydrogen-bond donors (Lipinski definition) is 3. The van der Waals surface area contributed by atoms with Gasteiger partial charge >= 0.3 is 12.0 Å². The van der Waals surface area contributed by atoms with Crippen LogP contribution in [0.15, 0.2) is 0 Å². The second-order valence-electron chi connectivity index (χ2n) is 5.17. The molecule has 3 N–H and O–H groups in total. The summed E-state index contributed by atoms with van der Waals surface area (Å²) in [6, 6.07) is -0.758. The lowest BCUT2D eigenvalue weighted by Gasteiger charge is -2.30. The van der Waals surface area contributed by atoms with Crippen molar-refractivity contribution < 1.29 is 14.7 Å². The zero-order valence-electron chi connectivity index (χ0n) is 11.7. The smallest absolute Gasteiger partial charge is 0.315 e. The zero-order chi connectivity index (χ0) is 14.9. The van der Waals surface area contributed by atoms with Crippen molar-refractivity contribution in [2.24, 2.45) is 5.41 Å². The van der Waals surface area contributed by atoms with E-state index in [0.717, 1.165) is 5.75 Å². The highest BCUT2D eigenvalue weighted by atomic mass is 32.2. The first-order chi connectivity index (χ1) is 8.77. The Morgan fingerprint density at radius 2 is 2.05 bits per heavy atom. The minimum atomic E-state index is -0.926. The molecule has 5 nitrogen and oxygen atoms in total. The molecule has 0 spiro atoms. The summed E-state index contributed by atoms with van der Waals surface area (Å²) in [7, 11) is 0. The molecule has 1 atom stereocenters. The first-order valence-electron chi connectivity index (χ1n) is 6.04. The van der Waals surface area contributed by atoms with Crippen molar-refractivity contribution in [2.45, 2.75) is 33.2 Å². The third kappa shape index (κ3) is 9.25. The number of terminal acetylenes is 1. The standard InChI is InChI=1S/C13H22N2O3S/c1-5-7-19-8-6-14-12(18)15-10(9-11(16)17)13(2,3)4/h1,10H,6-9H2,2-4H3,(H,16,17)(H2,14,15,18). The number of hydrogen-bond acceptors (Lipinski definition) is 3. The van der Waals surface area contributed by atoms with E-state index in [1.165, 1.54) is 0 Å². The molecule has 0 saturated carbocycles. The van der Waals surface area contributed by atoms with E-state index in [9.17, 15) is 9.59 Å². The normalized spacial score (nSPS) is 12.3. The van der Waals surface area contributed by atoms with Crippen LogP contribution < -0.4 is 10.6 Å². The van der Waals surface area contributed by atoms with Gasteiger partial charge in [-0.15, -0.1) is 18.2 Å². The molecule has 0 rings (SSSR count). The van der Waals surface area contributed by atoms with Crippen LogP contribution in [0.3, 0.4) is 0 Å². The van der Waals surface area contributed by atoms with E-state index in [4.69, 9.17) is 11.5 Å². The highest BCUT2D eigenvalue weighted by Crippen LogP contribution is 2.21. The van der Waals surface area contributed by atoms with Crippen molar-refractivity contribution in [3.63, 3.8) is 0 Å². The van der Waals surface area contributed by atoms with Crippen LogP contribution in [0.5, 0.6) is 0 Å². The molecule has 2 amide bonds. The van der Waals surface area contributed by atoms with Crippen molar-refractivity contribution >= 4 is 23.8 Å². The highest BCUT2D eigenvalue weighted by Gasteiger charge is 2.28. The molecular formula is C13H22N2O3S. The Balaban J connectivity index is 4.11. The lowest BCUT2D eigenvalue weighted by molar-refractivity contribution is -0.138. The van der Waals surface area contributed by atoms with Gasteiger partial charge in [0.1, 0.15) is 0 Å². The zero-order valence-corrected chi connectivity index (χ0v) is 12.5. The number of carbonyl (C=O) groups is 2. The Hall–Kier alpha value is -1.35. The molecule has 0 aliphatic heterocycles. The van der Waals surface area contributed by atoms with Gasteiger partial charge in [0.05, 0.1) is 12.2 Å². The molecule has 0 radical (unpaired) electrons. The van der Waals surface area contributed by atoms with Crippen LogP contribution in [0.25, 0.3) is 0 Å². The molecule has 0 aromatic rings. The number of carbonyl (C=O) groups excluding carboxylic acids is 1. The average molecular weight is 286 g/mol. The molecule has 0 aromatic carbocycles. The number of aliphatic carboxylic acids is 1. The maximum atomic E-state index is 11.6. The number of thioether (sulfide) groups is 1. The van der Waals surface area contributed by atoms with Crippen molar-refractivity contribution in [3.05, 3.63) is 0 Å². The lowest BCUT2D eigenvalue weighted by atomic mass is 9.85. The van der Waals surface area contributed by atoms with Crippen molar-refractivity contribution in [1.29, 1.82) is 0 Å². The topological polar surface area (TPSA) is 78.4 Å². The van der Waals surface area contributed by atoms with E-state index >= 15 is 0 Å². The van der Waals surface area contributed by atoms with E-state index in [1.807, 2.05) is 20.8 Å². The monoisotopic (exact) mass is 286 g/mol. The predicted molar refractivity (Wildman–Crippen MR) is 78.2 cm³/mol. The van der Waals surface area contributed by atoms with E-state index < -0.39 is 12.0 Å². The Labute approximate surface area is 118 Å². The molecule has 0 aromatic heterocycles. The van der Waals surface area contributed by atoms with Crippen LogP contribution in [0.4, 0.5) is 4.79 Å². The van der Waals surface area contributed by atoms with Gasteiger partial charge in [-0.25, -0.2) is 4.79 Å². The van der Waals surface area contributed by atoms with Gasteiger partial charge < -0.3 is 15.7 Å². The molecule has 0 heterocycles. The van der Waals surface area contributed by atoms with Gasteiger partial charge in [-0.05, 0) is 5.41 Å². The molecule has 108 valence electrons. The summed E-state index contributed by atoms with van der Waals surface area (Å²) >= 11 is 1.56. The minimum Gasteiger partial charge on any atom is -0.481 e. The molecule has 19 heavy (non-hydrogen) atoms. The third-order valence-corrected chi connectivity index (χ3v) is 3.31. The number of rotatable bonds is 7. The lowest BCUT2D eigenvalue weighted by Crippen LogP contribution is -2.49. The first kappa shape index (κ1) is 17.6. The van der Waals surface area contributed by atoms with Gasteiger partial charge in [0, 0.05) is 18.3 Å². The van der Waals surface area contributed by atoms with Crippen LogP contribution >= 0.6 is 11.8 Å². The second kappa shape index (κ2) is 8.70. The Morgan fingerprint density at radius 1 is 1.42 bits per heavy atom. The molecule has 6 heteroatoms. The molecule has 1 unspecified atom stereocenters. The Morgan fingerprint density at radius 3 is 2.53 bits per heavy atom. The molecule has 0 fully saturated rings. The van der Waals surface area contributed by atoms with Gasteiger partial charge in [-0.1, -0.05) is 26.7 Å². The molecular weight excluding hydrogens is 264 g/mol. The summed E-state index contributed by atoms with van der Waals surface area (Å²) < 4.78 is 0. The van der Waals surface area contributed by atoms with Crippen molar-refractivity contribution in [1.82, 2.24) is 10.6 Å². The maximum Gasteiger partial charge on any atom is 0.315 e. The fourth-order valence-electron chi connectivity index (χ4n) is 1.33. The number of amides is 2. The van der Waals surface area contributed by atoms with E-state index in [-0.39, 0.29) is 17.9 Å². The van der Waals surface area contributed by atoms with Gasteiger partial charge in [-0.2, -0.15) is 0 Å². The summed E-state index contributed by atoms with van der Waals surface area (Å²) in [5.74, 6) is 2.92. The van der Waals surface area contributed by atoms with Crippen LogP contribution in [0.1, 0.15) is 27.2 Å². The number of urea groups is 1. The number of carboxylic acids is 1. The first-order valence-corrected chi connectivity index (χ1v) is 7.20. The SMILES string of the molecule is C#CCSCCNC(=O)NC(CC(=O)O)C(C)(C)C. The fourth-order valence-corrected chi connectivity index (χ4v) is 1.83. The largest absolute Gasteiger partial charge is 0.481 e. The molecule has 0 aliphatic carbocycles. The van der Waals surface area contributed by atoms with Gasteiger partial charge in [0.2, 0.25) is 0 Å². The van der Waals surface area contributed by atoms with Crippen LogP contribution in [-0.2, 0) is 4.79 Å².